The van der Waals surface area contributed by atoms with Gasteiger partial charge in [0.05, 0.1) is 12.2 Å². The van der Waals surface area contributed by atoms with Gasteiger partial charge in [0.25, 0.3) is 0 Å². The van der Waals surface area contributed by atoms with Crippen molar-refractivity contribution in [1.29, 1.82) is 0 Å². The van der Waals surface area contributed by atoms with Crippen LogP contribution in [0.4, 0.5) is 5.69 Å². The van der Waals surface area contributed by atoms with Gasteiger partial charge in [-0.3, -0.25) is 0 Å². The van der Waals surface area contributed by atoms with Gasteiger partial charge in [0, 0.05) is 19.8 Å². The fourth-order valence-electron chi connectivity index (χ4n) is 2.10. The molecule has 0 saturated heterocycles. The molecule has 19 heavy (non-hydrogen) atoms. The predicted molar refractivity (Wildman–Crippen MR) is 80.0 cm³/mol. The number of carbonyl (C=O) groups excluding carboxylic acids is 1. The first kappa shape index (κ1) is 15.5. The second-order valence-corrected chi connectivity index (χ2v) is 4.92. The van der Waals surface area contributed by atoms with Crippen LogP contribution in [0.15, 0.2) is 18.2 Å². The van der Waals surface area contributed by atoms with Crippen molar-refractivity contribution in [1.82, 2.24) is 0 Å². The van der Waals surface area contributed by atoms with Crippen molar-refractivity contribution >= 4 is 11.7 Å². The number of anilines is 1. The molecule has 0 atom stereocenters. The minimum Gasteiger partial charge on any atom is -0.462 e. The fourth-order valence-corrected chi connectivity index (χ4v) is 2.10. The zero-order chi connectivity index (χ0) is 14.3. The van der Waals surface area contributed by atoms with Crippen molar-refractivity contribution in [2.75, 3.05) is 25.6 Å². The lowest BCUT2D eigenvalue weighted by atomic mass is 10.0. The summed E-state index contributed by atoms with van der Waals surface area (Å²) in [5.41, 5.74) is 3.04. The van der Waals surface area contributed by atoms with Crippen LogP contribution in [-0.4, -0.2) is 26.7 Å². The highest BCUT2D eigenvalue weighted by molar-refractivity contribution is 5.90. The molecule has 0 fully saturated rings. The number of esters is 1. The summed E-state index contributed by atoms with van der Waals surface area (Å²) in [6, 6.07) is 5.85. The van der Waals surface area contributed by atoms with Gasteiger partial charge in [0.15, 0.2) is 0 Å². The van der Waals surface area contributed by atoms with E-state index in [2.05, 4.69) is 17.9 Å². The quantitative estimate of drug-likeness (QED) is 0.555. The molecule has 0 N–H and O–H groups in total. The van der Waals surface area contributed by atoms with Gasteiger partial charge in [-0.15, -0.1) is 0 Å². The molecule has 0 aromatic heterocycles. The summed E-state index contributed by atoms with van der Waals surface area (Å²) in [5, 5.41) is 0. The van der Waals surface area contributed by atoms with Gasteiger partial charge in [0.1, 0.15) is 0 Å². The zero-order valence-corrected chi connectivity index (χ0v) is 12.5. The van der Waals surface area contributed by atoms with E-state index in [4.69, 9.17) is 4.74 Å². The van der Waals surface area contributed by atoms with Crippen LogP contribution in [-0.2, 0) is 11.2 Å². The summed E-state index contributed by atoms with van der Waals surface area (Å²) in [5.74, 6) is -0.245. The smallest absolute Gasteiger partial charge is 0.338 e. The summed E-state index contributed by atoms with van der Waals surface area (Å²) >= 11 is 0. The number of carbonyl (C=O) groups is 1. The molecule has 3 heteroatoms. The van der Waals surface area contributed by atoms with E-state index in [0.29, 0.717) is 12.2 Å². The lowest BCUT2D eigenvalue weighted by Crippen LogP contribution is -2.13. The lowest BCUT2D eigenvalue weighted by Gasteiger charge is -2.18. The molecule has 0 aliphatic carbocycles. The van der Waals surface area contributed by atoms with Crippen LogP contribution in [0, 0.1) is 0 Å². The maximum atomic E-state index is 11.8. The Morgan fingerprint density at radius 2 is 1.95 bits per heavy atom. The third kappa shape index (κ3) is 4.58. The first-order valence-electron chi connectivity index (χ1n) is 7.07. The minimum absolute atomic E-state index is 0.245. The molecule has 0 saturated carbocycles. The molecule has 0 heterocycles. The molecule has 0 aliphatic heterocycles. The molecule has 0 unspecified atom stereocenters. The SMILES string of the molecule is CCCCCc1ccc(C(=O)OCC)cc1N(C)C. The van der Waals surface area contributed by atoms with Gasteiger partial charge in [-0.1, -0.05) is 25.8 Å². The molecule has 1 aromatic carbocycles. The molecule has 0 aliphatic rings. The topological polar surface area (TPSA) is 29.5 Å². The van der Waals surface area contributed by atoms with Crippen LogP contribution >= 0.6 is 0 Å². The highest BCUT2D eigenvalue weighted by Gasteiger charge is 2.11. The Morgan fingerprint density at radius 1 is 1.21 bits per heavy atom. The number of benzene rings is 1. The number of aryl methyl sites for hydroxylation is 1. The van der Waals surface area contributed by atoms with E-state index in [0.717, 1.165) is 12.1 Å². The summed E-state index contributed by atoms with van der Waals surface area (Å²) in [7, 11) is 4.02. The van der Waals surface area contributed by atoms with Crippen LogP contribution in [0.25, 0.3) is 0 Å². The molecular formula is C16H25NO2. The number of hydrogen-bond donors (Lipinski definition) is 0. The van der Waals surface area contributed by atoms with Gasteiger partial charge < -0.3 is 9.64 Å². The fraction of sp³-hybridized carbons (Fsp3) is 0.562. The predicted octanol–water partition coefficient (Wildman–Crippen LogP) is 3.66. The first-order chi connectivity index (χ1) is 9.10. The van der Waals surface area contributed by atoms with Crippen LogP contribution < -0.4 is 4.90 Å². The van der Waals surface area contributed by atoms with Crippen molar-refractivity contribution < 1.29 is 9.53 Å². The van der Waals surface area contributed by atoms with E-state index in [1.165, 1.54) is 24.8 Å². The Morgan fingerprint density at radius 3 is 2.53 bits per heavy atom. The summed E-state index contributed by atoms with van der Waals surface area (Å²) in [6.45, 7) is 4.44. The van der Waals surface area contributed by atoms with Crippen LogP contribution in [0.5, 0.6) is 0 Å². The molecule has 1 aromatic rings. The molecular weight excluding hydrogens is 238 g/mol. The van der Waals surface area contributed by atoms with Crippen LogP contribution in [0.1, 0.15) is 49.0 Å². The van der Waals surface area contributed by atoms with Crippen molar-refractivity contribution in [3.63, 3.8) is 0 Å². The molecule has 0 spiro atoms. The summed E-state index contributed by atoms with van der Waals surface area (Å²) in [6.07, 6.45) is 4.71. The number of unbranched alkanes of at least 4 members (excludes halogenated alkanes) is 2. The molecule has 1 rings (SSSR count). The lowest BCUT2D eigenvalue weighted by molar-refractivity contribution is 0.0526. The first-order valence-corrected chi connectivity index (χ1v) is 7.07. The number of nitrogens with zero attached hydrogens (tertiary/aromatic N) is 1. The average molecular weight is 263 g/mol. The molecule has 106 valence electrons. The monoisotopic (exact) mass is 263 g/mol. The third-order valence-electron chi connectivity index (χ3n) is 3.13. The molecule has 0 amide bonds. The van der Waals surface area contributed by atoms with Crippen molar-refractivity contribution in [3.05, 3.63) is 29.3 Å². The van der Waals surface area contributed by atoms with Crippen molar-refractivity contribution in [2.45, 2.75) is 39.5 Å². The van der Waals surface area contributed by atoms with Crippen molar-refractivity contribution in [2.24, 2.45) is 0 Å². The zero-order valence-electron chi connectivity index (χ0n) is 12.5. The van der Waals surface area contributed by atoms with Gasteiger partial charge in [-0.25, -0.2) is 4.79 Å². The highest BCUT2D eigenvalue weighted by atomic mass is 16.5. The van der Waals surface area contributed by atoms with Gasteiger partial charge in [0.2, 0.25) is 0 Å². The Kier molecular flexibility index (Phi) is 6.40. The maximum Gasteiger partial charge on any atom is 0.338 e. The maximum absolute atomic E-state index is 11.8. The van der Waals surface area contributed by atoms with Gasteiger partial charge in [-0.2, -0.15) is 0 Å². The Labute approximate surface area is 116 Å². The number of hydrogen-bond acceptors (Lipinski definition) is 3. The molecule has 0 radical (unpaired) electrons. The Bertz CT molecular complexity index is 413. The van der Waals surface area contributed by atoms with E-state index in [-0.39, 0.29) is 5.97 Å². The summed E-state index contributed by atoms with van der Waals surface area (Å²) in [4.78, 5) is 13.8. The van der Waals surface area contributed by atoms with E-state index in [1.807, 2.05) is 33.2 Å². The summed E-state index contributed by atoms with van der Waals surface area (Å²) < 4.78 is 5.04. The van der Waals surface area contributed by atoms with E-state index in [1.54, 1.807) is 0 Å². The van der Waals surface area contributed by atoms with Crippen LogP contribution in [0.2, 0.25) is 0 Å². The largest absolute Gasteiger partial charge is 0.462 e. The molecule has 0 bridgehead atoms. The Balaban J connectivity index is 2.91. The molecule has 3 nitrogen and oxygen atoms in total. The van der Waals surface area contributed by atoms with Crippen LogP contribution in [0.3, 0.4) is 0 Å². The standard InChI is InChI=1S/C16H25NO2/c1-5-7-8-9-13-10-11-14(16(18)19-6-2)12-15(13)17(3)4/h10-12H,5-9H2,1-4H3. The second-order valence-electron chi connectivity index (χ2n) is 4.92. The van der Waals surface area contributed by atoms with Gasteiger partial charge >= 0.3 is 5.97 Å². The number of rotatable bonds is 7. The van der Waals surface area contributed by atoms with Gasteiger partial charge in [-0.05, 0) is 37.5 Å². The minimum atomic E-state index is -0.245. The Hall–Kier alpha value is -1.51. The second kappa shape index (κ2) is 7.82. The third-order valence-corrected chi connectivity index (χ3v) is 3.13. The van der Waals surface area contributed by atoms with E-state index in [9.17, 15) is 4.79 Å². The number of ether oxygens (including phenoxy) is 1. The average Bonchev–Trinajstić information content (AvgIpc) is 2.39. The van der Waals surface area contributed by atoms with E-state index < -0.39 is 0 Å². The highest BCUT2D eigenvalue weighted by Crippen LogP contribution is 2.23. The van der Waals surface area contributed by atoms with E-state index >= 15 is 0 Å². The normalized spacial score (nSPS) is 10.3. The van der Waals surface area contributed by atoms with Crippen molar-refractivity contribution in [3.8, 4) is 0 Å².